The van der Waals surface area contributed by atoms with Crippen LogP contribution in [0.15, 0.2) is 10.9 Å². The van der Waals surface area contributed by atoms with Crippen LogP contribution in [0.2, 0.25) is 0 Å². The molecular formula is C11H16N2O2S. The van der Waals surface area contributed by atoms with Crippen molar-refractivity contribution in [3.8, 4) is 0 Å². The van der Waals surface area contributed by atoms with E-state index in [9.17, 15) is 4.79 Å². The zero-order valence-electron chi connectivity index (χ0n) is 9.55. The summed E-state index contributed by atoms with van der Waals surface area (Å²) in [5, 5.41) is 1.80. The maximum absolute atomic E-state index is 12.2. The maximum atomic E-state index is 12.2. The Morgan fingerprint density at radius 1 is 1.75 bits per heavy atom. The fourth-order valence-electron chi connectivity index (χ4n) is 1.90. The van der Waals surface area contributed by atoms with E-state index in [1.807, 2.05) is 11.8 Å². The van der Waals surface area contributed by atoms with Gasteiger partial charge in [0.05, 0.1) is 24.3 Å². The third kappa shape index (κ3) is 2.25. The average Bonchev–Trinajstić information content (AvgIpc) is 2.81. The number of carbonyl (C=O) groups excluding carboxylic acids is 1. The zero-order valence-corrected chi connectivity index (χ0v) is 10.4. The van der Waals surface area contributed by atoms with E-state index in [1.54, 1.807) is 10.9 Å². The van der Waals surface area contributed by atoms with Crippen LogP contribution in [0.5, 0.6) is 0 Å². The Morgan fingerprint density at radius 2 is 2.56 bits per heavy atom. The van der Waals surface area contributed by atoms with Crippen LogP contribution < -0.4 is 0 Å². The number of hydrogen-bond donors (Lipinski definition) is 0. The highest BCUT2D eigenvalue weighted by atomic mass is 32.1. The lowest BCUT2D eigenvalue weighted by Crippen LogP contribution is -2.51. The number of morpholine rings is 1. The minimum absolute atomic E-state index is 0.0308. The second kappa shape index (κ2) is 4.93. The van der Waals surface area contributed by atoms with Crippen molar-refractivity contribution in [1.82, 2.24) is 9.88 Å². The van der Waals surface area contributed by atoms with Gasteiger partial charge in [-0.15, -0.1) is 11.3 Å². The number of nitrogens with zero attached hydrogens (tertiary/aromatic N) is 2. The van der Waals surface area contributed by atoms with E-state index in [-0.39, 0.29) is 18.1 Å². The van der Waals surface area contributed by atoms with Crippen molar-refractivity contribution in [1.29, 1.82) is 0 Å². The first kappa shape index (κ1) is 11.5. The quantitative estimate of drug-likeness (QED) is 0.791. The maximum Gasteiger partial charge on any atom is 0.273 e. The number of ether oxygens (including phenoxy) is 1. The number of aromatic nitrogens is 1. The molecule has 1 saturated heterocycles. The number of rotatable bonds is 2. The summed E-state index contributed by atoms with van der Waals surface area (Å²) in [7, 11) is 0. The van der Waals surface area contributed by atoms with E-state index in [0.717, 1.165) is 6.42 Å². The van der Waals surface area contributed by atoms with Gasteiger partial charge >= 0.3 is 0 Å². The van der Waals surface area contributed by atoms with Gasteiger partial charge in [-0.05, 0) is 13.3 Å². The van der Waals surface area contributed by atoms with Gasteiger partial charge in [-0.25, -0.2) is 4.98 Å². The summed E-state index contributed by atoms with van der Waals surface area (Å²) in [6, 6.07) is 0.186. The van der Waals surface area contributed by atoms with Crippen molar-refractivity contribution in [2.24, 2.45) is 0 Å². The molecule has 1 fully saturated rings. The molecule has 0 aliphatic carbocycles. The van der Waals surface area contributed by atoms with Crippen molar-refractivity contribution in [3.63, 3.8) is 0 Å². The summed E-state index contributed by atoms with van der Waals surface area (Å²) in [6.07, 6.45) is 1.04. The van der Waals surface area contributed by atoms with Crippen molar-refractivity contribution < 1.29 is 9.53 Å². The summed E-state index contributed by atoms with van der Waals surface area (Å²) in [6.45, 7) is 5.36. The topological polar surface area (TPSA) is 42.4 Å². The zero-order chi connectivity index (χ0) is 11.5. The van der Waals surface area contributed by atoms with Crippen molar-refractivity contribution in [3.05, 3.63) is 16.6 Å². The lowest BCUT2D eigenvalue weighted by molar-refractivity contribution is -0.0445. The van der Waals surface area contributed by atoms with Crippen LogP contribution in [0, 0.1) is 0 Å². The molecule has 2 rings (SSSR count). The van der Waals surface area contributed by atoms with Crippen LogP contribution in [0.1, 0.15) is 30.8 Å². The monoisotopic (exact) mass is 240 g/mol. The molecule has 0 bridgehead atoms. The standard InChI is InChI=1S/C11H16N2O2S/c1-3-9-5-15-8(2)4-13(9)11(14)10-6-16-7-12-10/h6-9H,3-5H2,1-2H3. The molecule has 1 aromatic heterocycles. The van der Waals surface area contributed by atoms with Crippen LogP contribution in [0.3, 0.4) is 0 Å². The van der Waals surface area contributed by atoms with Gasteiger partial charge in [-0.2, -0.15) is 0 Å². The molecule has 2 heterocycles. The van der Waals surface area contributed by atoms with Gasteiger partial charge in [0.25, 0.3) is 5.91 Å². The molecule has 0 spiro atoms. The SMILES string of the molecule is CCC1COC(C)CN1C(=O)c1cscn1. The lowest BCUT2D eigenvalue weighted by atomic mass is 10.1. The third-order valence-electron chi connectivity index (χ3n) is 2.85. The molecule has 5 heteroatoms. The molecule has 2 atom stereocenters. The smallest absolute Gasteiger partial charge is 0.273 e. The minimum atomic E-state index is 0.0308. The molecule has 2 unspecified atom stereocenters. The van der Waals surface area contributed by atoms with E-state index in [1.165, 1.54) is 11.3 Å². The van der Waals surface area contributed by atoms with Crippen molar-refractivity contribution in [2.75, 3.05) is 13.2 Å². The Kier molecular flexibility index (Phi) is 3.56. The van der Waals surface area contributed by atoms with Gasteiger partial charge in [-0.3, -0.25) is 4.79 Å². The Hall–Kier alpha value is -0.940. The average molecular weight is 240 g/mol. The van der Waals surface area contributed by atoms with Gasteiger partial charge < -0.3 is 9.64 Å². The Morgan fingerprint density at radius 3 is 3.19 bits per heavy atom. The van der Waals surface area contributed by atoms with E-state index >= 15 is 0 Å². The van der Waals surface area contributed by atoms with Crippen LogP contribution in [0.25, 0.3) is 0 Å². The summed E-state index contributed by atoms with van der Waals surface area (Å²) >= 11 is 1.45. The first-order valence-corrected chi connectivity index (χ1v) is 6.47. The fourth-order valence-corrected chi connectivity index (χ4v) is 2.42. The second-order valence-corrected chi connectivity index (χ2v) is 4.76. The first-order chi connectivity index (χ1) is 7.72. The molecule has 1 amide bonds. The molecule has 0 radical (unpaired) electrons. The second-order valence-electron chi connectivity index (χ2n) is 4.04. The molecular weight excluding hydrogens is 224 g/mol. The molecule has 0 aromatic carbocycles. The number of amides is 1. The van der Waals surface area contributed by atoms with Crippen LogP contribution in [-0.4, -0.2) is 41.1 Å². The Labute approximate surface area is 99.2 Å². The first-order valence-electron chi connectivity index (χ1n) is 5.53. The van der Waals surface area contributed by atoms with E-state index in [0.29, 0.717) is 18.8 Å². The van der Waals surface area contributed by atoms with Crippen molar-refractivity contribution >= 4 is 17.2 Å². The molecule has 0 N–H and O–H groups in total. The Bertz CT molecular complexity index is 353. The van der Waals surface area contributed by atoms with Gasteiger partial charge in [0.2, 0.25) is 0 Å². The molecule has 1 aromatic rings. The van der Waals surface area contributed by atoms with Crippen LogP contribution in [-0.2, 0) is 4.74 Å². The molecule has 0 saturated carbocycles. The Balaban J connectivity index is 2.13. The predicted octanol–water partition coefficient (Wildman–Crippen LogP) is 1.78. The highest BCUT2D eigenvalue weighted by molar-refractivity contribution is 7.07. The summed E-state index contributed by atoms with van der Waals surface area (Å²) in [5.41, 5.74) is 2.25. The largest absolute Gasteiger partial charge is 0.375 e. The van der Waals surface area contributed by atoms with E-state index < -0.39 is 0 Å². The fraction of sp³-hybridized carbons (Fsp3) is 0.636. The van der Waals surface area contributed by atoms with Gasteiger partial charge in [-0.1, -0.05) is 6.92 Å². The molecule has 88 valence electrons. The number of carbonyl (C=O) groups is 1. The molecule has 1 aliphatic rings. The predicted molar refractivity (Wildman–Crippen MR) is 62.6 cm³/mol. The van der Waals surface area contributed by atoms with E-state index in [4.69, 9.17) is 4.74 Å². The number of hydrogen-bond acceptors (Lipinski definition) is 4. The highest BCUT2D eigenvalue weighted by Crippen LogP contribution is 2.17. The van der Waals surface area contributed by atoms with Crippen LogP contribution in [0.4, 0.5) is 0 Å². The normalized spacial score (nSPS) is 25.8. The summed E-state index contributed by atoms with van der Waals surface area (Å²) in [4.78, 5) is 18.2. The summed E-state index contributed by atoms with van der Waals surface area (Å²) < 4.78 is 5.57. The summed E-state index contributed by atoms with van der Waals surface area (Å²) in [5.74, 6) is 0.0308. The van der Waals surface area contributed by atoms with E-state index in [2.05, 4.69) is 11.9 Å². The minimum Gasteiger partial charge on any atom is -0.375 e. The van der Waals surface area contributed by atoms with Gasteiger partial charge in [0.1, 0.15) is 5.69 Å². The van der Waals surface area contributed by atoms with Crippen molar-refractivity contribution in [2.45, 2.75) is 32.4 Å². The molecule has 16 heavy (non-hydrogen) atoms. The number of thiazole rings is 1. The molecule has 1 aliphatic heterocycles. The van der Waals surface area contributed by atoms with Gasteiger partial charge in [0, 0.05) is 11.9 Å². The molecule has 4 nitrogen and oxygen atoms in total. The third-order valence-corrected chi connectivity index (χ3v) is 3.44. The highest BCUT2D eigenvalue weighted by Gasteiger charge is 2.30. The lowest BCUT2D eigenvalue weighted by Gasteiger charge is -2.37. The van der Waals surface area contributed by atoms with Crippen LogP contribution >= 0.6 is 11.3 Å². The van der Waals surface area contributed by atoms with Gasteiger partial charge in [0.15, 0.2) is 0 Å².